The smallest absolute Gasteiger partial charge is 0.171 e. The zero-order valence-corrected chi connectivity index (χ0v) is 18.5. The number of likely N-dealkylation sites (tertiary alicyclic amines) is 1. The average Bonchev–Trinajstić information content (AvgIpc) is 3.28. The molecule has 0 atom stereocenters. The van der Waals surface area contributed by atoms with E-state index in [9.17, 15) is 0 Å². The Morgan fingerprint density at radius 1 is 1.00 bits per heavy atom. The molecular formula is C27H28N2O3. The van der Waals surface area contributed by atoms with E-state index in [1.165, 1.54) is 11.1 Å². The summed E-state index contributed by atoms with van der Waals surface area (Å²) in [6.45, 7) is 3.13. The van der Waals surface area contributed by atoms with Crippen LogP contribution in [0.2, 0.25) is 0 Å². The first kappa shape index (κ1) is 20.8. The number of piperidine rings is 1. The number of nitriles is 1. The molecule has 2 saturated heterocycles. The van der Waals surface area contributed by atoms with Crippen molar-refractivity contribution in [1.82, 2.24) is 4.90 Å². The zero-order chi connectivity index (χ0) is 22.0. The Bertz CT molecular complexity index is 1080. The highest BCUT2D eigenvalue weighted by Crippen LogP contribution is 2.38. The lowest BCUT2D eigenvalue weighted by Crippen LogP contribution is -2.44. The summed E-state index contributed by atoms with van der Waals surface area (Å²) < 4.78 is 17.9. The van der Waals surface area contributed by atoms with Crippen LogP contribution in [0.1, 0.15) is 36.0 Å². The van der Waals surface area contributed by atoms with Gasteiger partial charge in [-0.1, -0.05) is 36.4 Å². The molecule has 2 aromatic rings. The first-order valence-corrected chi connectivity index (χ1v) is 11.3. The SMILES string of the molecule is CO/C1=C(N2CCC3(CC2)OCCO3)/C=C\CCc2c1cccc2-c1ccc(C#N)cc1. The Morgan fingerprint density at radius 2 is 1.72 bits per heavy atom. The molecule has 5 nitrogen and oxygen atoms in total. The number of fused-ring (bicyclic) bond motifs is 1. The number of rotatable bonds is 3. The maximum absolute atomic E-state index is 9.15. The second-order valence-electron chi connectivity index (χ2n) is 8.48. The Kier molecular flexibility index (Phi) is 5.73. The van der Waals surface area contributed by atoms with Crippen LogP contribution in [0.5, 0.6) is 0 Å². The normalized spacial score (nSPS) is 23.2. The van der Waals surface area contributed by atoms with Crippen LogP contribution in [0, 0.1) is 11.3 Å². The molecule has 2 aliphatic heterocycles. The fourth-order valence-electron chi connectivity index (χ4n) is 5.04. The van der Waals surface area contributed by atoms with Gasteiger partial charge in [-0.25, -0.2) is 0 Å². The molecule has 5 rings (SSSR count). The number of allylic oxidation sites excluding steroid dienone is 2. The number of ether oxygens (including phenoxy) is 3. The van der Waals surface area contributed by atoms with Crippen LogP contribution in [0.3, 0.4) is 0 Å². The molecule has 2 aromatic carbocycles. The molecule has 0 N–H and O–H groups in total. The number of hydrogen-bond donors (Lipinski definition) is 0. The molecule has 5 heteroatoms. The summed E-state index contributed by atoms with van der Waals surface area (Å²) in [7, 11) is 1.76. The van der Waals surface area contributed by atoms with Gasteiger partial charge in [-0.2, -0.15) is 5.26 Å². The van der Waals surface area contributed by atoms with Gasteiger partial charge in [0, 0.05) is 31.5 Å². The monoisotopic (exact) mass is 428 g/mol. The van der Waals surface area contributed by atoms with Crippen molar-refractivity contribution in [2.75, 3.05) is 33.4 Å². The lowest BCUT2D eigenvalue weighted by molar-refractivity contribution is -0.182. The molecule has 0 saturated carbocycles. The summed E-state index contributed by atoms with van der Waals surface area (Å²) in [6.07, 6.45) is 8.08. The third-order valence-corrected chi connectivity index (χ3v) is 6.70. The van der Waals surface area contributed by atoms with Crippen LogP contribution in [0.4, 0.5) is 0 Å². The molecule has 0 aromatic heterocycles. The third-order valence-electron chi connectivity index (χ3n) is 6.70. The number of benzene rings is 2. The van der Waals surface area contributed by atoms with Gasteiger partial charge in [0.25, 0.3) is 0 Å². The van der Waals surface area contributed by atoms with Crippen LogP contribution in [0.25, 0.3) is 16.9 Å². The van der Waals surface area contributed by atoms with Gasteiger partial charge in [0.2, 0.25) is 0 Å². The molecule has 3 aliphatic rings. The molecule has 32 heavy (non-hydrogen) atoms. The van der Waals surface area contributed by atoms with Gasteiger partial charge >= 0.3 is 0 Å². The van der Waals surface area contributed by atoms with E-state index in [1.54, 1.807) is 7.11 Å². The molecule has 0 bridgehead atoms. The highest BCUT2D eigenvalue weighted by Gasteiger charge is 2.40. The number of nitrogens with zero attached hydrogens (tertiary/aromatic N) is 2. The highest BCUT2D eigenvalue weighted by molar-refractivity contribution is 5.77. The van der Waals surface area contributed by atoms with E-state index in [-0.39, 0.29) is 0 Å². The van der Waals surface area contributed by atoms with Gasteiger partial charge in [-0.05, 0) is 47.7 Å². The molecule has 0 amide bonds. The summed E-state index contributed by atoms with van der Waals surface area (Å²) in [5.41, 5.74) is 6.54. The van der Waals surface area contributed by atoms with E-state index in [1.807, 2.05) is 24.3 Å². The molecule has 164 valence electrons. The van der Waals surface area contributed by atoms with E-state index in [0.29, 0.717) is 18.8 Å². The quantitative estimate of drug-likeness (QED) is 0.697. The molecule has 1 aliphatic carbocycles. The molecule has 0 radical (unpaired) electrons. The van der Waals surface area contributed by atoms with Gasteiger partial charge in [0.05, 0.1) is 37.7 Å². The maximum atomic E-state index is 9.15. The number of hydrogen-bond acceptors (Lipinski definition) is 5. The lowest BCUT2D eigenvalue weighted by Gasteiger charge is -2.39. The first-order valence-electron chi connectivity index (χ1n) is 11.3. The van der Waals surface area contributed by atoms with Crippen molar-refractivity contribution in [3.05, 3.63) is 77.0 Å². The minimum absolute atomic E-state index is 0.393. The standard InChI is InChI=1S/C27H28N2O3/c1-30-26-24-7-4-6-22(21-11-9-20(19-28)10-12-21)23(24)5-2-3-8-25(26)29-15-13-27(14-16-29)31-17-18-32-27/h3-4,6-12H,2,5,13-18H2,1H3/b8-3-,26-25-. The van der Waals surface area contributed by atoms with Crippen LogP contribution < -0.4 is 0 Å². The van der Waals surface area contributed by atoms with E-state index < -0.39 is 5.79 Å². The van der Waals surface area contributed by atoms with Gasteiger partial charge < -0.3 is 19.1 Å². The predicted molar refractivity (Wildman–Crippen MR) is 123 cm³/mol. The molecule has 1 spiro atoms. The largest absolute Gasteiger partial charge is 0.494 e. The second-order valence-corrected chi connectivity index (χ2v) is 8.48. The molecule has 2 heterocycles. The lowest BCUT2D eigenvalue weighted by atomic mass is 9.89. The predicted octanol–water partition coefficient (Wildman–Crippen LogP) is 4.88. The molecule has 2 fully saturated rings. The van der Waals surface area contributed by atoms with Crippen molar-refractivity contribution in [2.24, 2.45) is 0 Å². The van der Waals surface area contributed by atoms with Crippen molar-refractivity contribution in [3.8, 4) is 17.2 Å². The second kappa shape index (κ2) is 8.82. The van der Waals surface area contributed by atoms with Gasteiger partial charge in [0.15, 0.2) is 5.79 Å². The van der Waals surface area contributed by atoms with E-state index in [4.69, 9.17) is 19.5 Å². The van der Waals surface area contributed by atoms with Crippen molar-refractivity contribution >= 4 is 5.76 Å². The number of methoxy groups -OCH3 is 1. The Balaban J connectivity index is 1.53. The van der Waals surface area contributed by atoms with E-state index in [2.05, 4.69) is 41.3 Å². The van der Waals surface area contributed by atoms with Crippen LogP contribution in [-0.4, -0.2) is 44.1 Å². The Morgan fingerprint density at radius 3 is 2.41 bits per heavy atom. The van der Waals surface area contributed by atoms with Crippen LogP contribution in [0.15, 0.2) is 60.3 Å². The summed E-state index contributed by atoms with van der Waals surface area (Å²) >= 11 is 0. The minimum Gasteiger partial charge on any atom is -0.494 e. The minimum atomic E-state index is -0.393. The van der Waals surface area contributed by atoms with Crippen molar-refractivity contribution in [2.45, 2.75) is 31.5 Å². The van der Waals surface area contributed by atoms with Gasteiger partial charge in [-0.3, -0.25) is 0 Å². The van der Waals surface area contributed by atoms with Crippen molar-refractivity contribution in [3.63, 3.8) is 0 Å². The summed E-state index contributed by atoms with van der Waals surface area (Å²) in [6, 6.07) is 16.5. The van der Waals surface area contributed by atoms with E-state index >= 15 is 0 Å². The van der Waals surface area contributed by atoms with Gasteiger partial charge in [-0.15, -0.1) is 0 Å². The summed E-state index contributed by atoms with van der Waals surface area (Å²) in [5.74, 6) is 0.520. The fraction of sp³-hybridized carbons (Fsp3) is 0.370. The van der Waals surface area contributed by atoms with Crippen molar-refractivity contribution in [1.29, 1.82) is 5.26 Å². The highest BCUT2D eigenvalue weighted by atomic mass is 16.7. The van der Waals surface area contributed by atoms with Gasteiger partial charge in [0.1, 0.15) is 5.76 Å². The summed E-state index contributed by atoms with van der Waals surface area (Å²) in [4.78, 5) is 2.40. The fourth-order valence-corrected chi connectivity index (χ4v) is 5.04. The zero-order valence-electron chi connectivity index (χ0n) is 18.5. The van der Waals surface area contributed by atoms with Crippen LogP contribution in [-0.2, 0) is 20.6 Å². The molecule has 0 unspecified atom stereocenters. The van der Waals surface area contributed by atoms with Crippen molar-refractivity contribution < 1.29 is 14.2 Å². The Labute approximate surface area is 189 Å². The topological polar surface area (TPSA) is 54.7 Å². The average molecular weight is 429 g/mol. The summed E-state index contributed by atoms with van der Waals surface area (Å²) in [5, 5.41) is 9.15. The maximum Gasteiger partial charge on any atom is 0.171 e. The first-order chi connectivity index (χ1) is 15.7. The van der Waals surface area contributed by atoms with E-state index in [0.717, 1.165) is 61.4 Å². The molecular weight excluding hydrogens is 400 g/mol. The van der Waals surface area contributed by atoms with Crippen LogP contribution >= 0.6 is 0 Å². The third kappa shape index (κ3) is 3.81. The Hall–Kier alpha value is -3.07.